The lowest BCUT2D eigenvalue weighted by atomic mass is 10.1. The third-order valence-corrected chi connectivity index (χ3v) is 4.75. The third kappa shape index (κ3) is 4.97. The molecule has 1 N–H and O–H groups in total. The minimum Gasteiger partial charge on any atom is -0.343 e. The minimum atomic E-state index is 0.139. The molecule has 1 aromatic rings. The zero-order valence-electron chi connectivity index (χ0n) is 12.4. The van der Waals surface area contributed by atoms with Crippen LogP contribution < -0.4 is 5.32 Å². The number of nitrogens with zero attached hydrogens (tertiary/aromatic N) is 1. The van der Waals surface area contributed by atoms with Crippen molar-refractivity contribution in [1.82, 2.24) is 10.2 Å². The summed E-state index contributed by atoms with van der Waals surface area (Å²) in [5.74, 6) is 0.260. The van der Waals surface area contributed by atoms with E-state index in [-0.39, 0.29) is 11.9 Å². The van der Waals surface area contributed by atoms with Crippen molar-refractivity contribution < 1.29 is 4.79 Å². The van der Waals surface area contributed by atoms with Gasteiger partial charge in [-0.2, -0.15) is 0 Å². The molecule has 0 saturated carbocycles. The number of carbonyl (C=O) groups excluding carboxylic acids is 1. The SMILES string of the molecule is CC(NCCC(=O)N1CCCCC1)c1ccc(Br)cc1Cl. The number of nitrogens with one attached hydrogen (secondary N) is 1. The number of likely N-dealkylation sites (tertiary alicyclic amines) is 1. The lowest BCUT2D eigenvalue weighted by Gasteiger charge is -2.27. The van der Waals surface area contributed by atoms with Crippen LogP contribution in [0.3, 0.4) is 0 Å². The summed E-state index contributed by atoms with van der Waals surface area (Å²) in [7, 11) is 0. The highest BCUT2D eigenvalue weighted by Gasteiger charge is 2.16. The second-order valence-corrected chi connectivity index (χ2v) is 6.86. The standard InChI is InChI=1S/C16H22BrClN2O/c1-12(14-6-5-13(17)11-15(14)18)19-8-7-16(21)20-9-3-2-4-10-20/h5-6,11-12,19H,2-4,7-10H2,1H3. The summed E-state index contributed by atoms with van der Waals surface area (Å²) in [6, 6.07) is 6.03. The Morgan fingerprint density at radius 1 is 1.38 bits per heavy atom. The number of halogens is 2. The highest BCUT2D eigenvalue weighted by molar-refractivity contribution is 9.10. The van der Waals surface area contributed by atoms with Gasteiger partial charge in [0.25, 0.3) is 0 Å². The predicted molar refractivity (Wildman–Crippen MR) is 90.6 cm³/mol. The Balaban J connectivity index is 1.78. The Hall–Kier alpha value is -0.580. The van der Waals surface area contributed by atoms with E-state index in [2.05, 4.69) is 28.2 Å². The maximum Gasteiger partial charge on any atom is 0.223 e. The van der Waals surface area contributed by atoms with Gasteiger partial charge in [-0.25, -0.2) is 0 Å². The van der Waals surface area contributed by atoms with Gasteiger partial charge < -0.3 is 10.2 Å². The Morgan fingerprint density at radius 3 is 2.76 bits per heavy atom. The number of rotatable bonds is 5. The first kappa shape index (κ1) is 16.8. The zero-order chi connectivity index (χ0) is 15.2. The lowest BCUT2D eigenvalue weighted by molar-refractivity contribution is -0.132. The smallest absolute Gasteiger partial charge is 0.223 e. The van der Waals surface area contributed by atoms with E-state index in [0.29, 0.717) is 13.0 Å². The molecular formula is C16H22BrClN2O. The fourth-order valence-corrected chi connectivity index (χ4v) is 3.50. The molecule has 5 heteroatoms. The van der Waals surface area contributed by atoms with Crippen LogP contribution in [0.1, 0.15) is 44.2 Å². The van der Waals surface area contributed by atoms with Gasteiger partial charge in [-0.05, 0) is 43.9 Å². The van der Waals surface area contributed by atoms with Crippen LogP contribution in [0.15, 0.2) is 22.7 Å². The van der Waals surface area contributed by atoms with E-state index in [9.17, 15) is 4.79 Å². The first-order chi connectivity index (χ1) is 10.1. The van der Waals surface area contributed by atoms with Crippen molar-refractivity contribution in [2.45, 2.75) is 38.6 Å². The van der Waals surface area contributed by atoms with Crippen LogP contribution >= 0.6 is 27.5 Å². The molecule has 1 unspecified atom stereocenters. The van der Waals surface area contributed by atoms with E-state index in [1.165, 1.54) is 6.42 Å². The second-order valence-electron chi connectivity index (χ2n) is 5.53. The van der Waals surface area contributed by atoms with E-state index in [4.69, 9.17) is 11.6 Å². The van der Waals surface area contributed by atoms with Gasteiger partial charge in [-0.3, -0.25) is 4.79 Å². The Kier molecular flexibility index (Phi) is 6.52. The average molecular weight is 374 g/mol. The molecule has 21 heavy (non-hydrogen) atoms. The average Bonchev–Trinajstić information content (AvgIpc) is 2.47. The van der Waals surface area contributed by atoms with Gasteiger partial charge in [0, 0.05) is 41.6 Å². The molecule has 2 rings (SSSR count). The number of hydrogen-bond acceptors (Lipinski definition) is 2. The molecule has 3 nitrogen and oxygen atoms in total. The summed E-state index contributed by atoms with van der Waals surface area (Å²) in [5, 5.41) is 4.12. The van der Waals surface area contributed by atoms with E-state index >= 15 is 0 Å². The van der Waals surface area contributed by atoms with Crippen molar-refractivity contribution in [3.8, 4) is 0 Å². The van der Waals surface area contributed by atoms with Gasteiger partial charge in [-0.1, -0.05) is 33.6 Å². The molecule has 0 spiro atoms. The highest BCUT2D eigenvalue weighted by atomic mass is 79.9. The Labute approximate surface area is 140 Å². The topological polar surface area (TPSA) is 32.3 Å². The molecule has 1 aliphatic heterocycles. The third-order valence-electron chi connectivity index (χ3n) is 3.93. The fraction of sp³-hybridized carbons (Fsp3) is 0.562. The molecule has 0 aromatic heterocycles. The molecule has 0 aliphatic carbocycles. The molecule has 1 amide bonds. The maximum atomic E-state index is 12.1. The van der Waals surface area contributed by atoms with Gasteiger partial charge >= 0.3 is 0 Å². The van der Waals surface area contributed by atoms with Crippen molar-refractivity contribution >= 4 is 33.4 Å². The van der Waals surface area contributed by atoms with Crippen LogP contribution in [0, 0.1) is 0 Å². The van der Waals surface area contributed by atoms with Gasteiger partial charge in [-0.15, -0.1) is 0 Å². The number of hydrogen-bond donors (Lipinski definition) is 1. The number of benzene rings is 1. The fourth-order valence-electron chi connectivity index (χ4n) is 2.66. The molecule has 1 aromatic carbocycles. The molecule has 0 radical (unpaired) electrons. The first-order valence-electron chi connectivity index (χ1n) is 7.54. The zero-order valence-corrected chi connectivity index (χ0v) is 14.7. The minimum absolute atomic E-state index is 0.139. The Bertz CT molecular complexity index is 489. The van der Waals surface area contributed by atoms with Crippen molar-refractivity contribution in [3.05, 3.63) is 33.3 Å². The van der Waals surface area contributed by atoms with Crippen molar-refractivity contribution in [3.63, 3.8) is 0 Å². The largest absolute Gasteiger partial charge is 0.343 e. The van der Waals surface area contributed by atoms with Crippen LogP contribution in [-0.2, 0) is 4.79 Å². The van der Waals surface area contributed by atoms with E-state index in [1.54, 1.807) is 0 Å². The molecule has 1 atom stereocenters. The summed E-state index contributed by atoms with van der Waals surface area (Å²) in [5.41, 5.74) is 1.06. The van der Waals surface area contributed by atoms with E-state index in [1.807, 2.05) is 23.1 Å². The quantitative estimate of drug-likeness (QED) is 0.840. The Morgan fingerprint density at radius 2 is 2.10 bits per heavy atom. The normalized spacial score (nSPS) is 16.8. The molecule has 116 valence electrons. The number of piperidine rings is 1. The number of amides is 1. The van der Waals surface area contributed by atoms with Gasteiger partial charge in [0.2, 0.25) is 5.91 Å². The van der Waals surface area contributed by atoms with Crippen molar-refractivity contribution in [2.75, 3.05) is 19.6 Å². The maximum absolute atomic E-state index is 12.1. The monoisotopic (exact) mass is 372 g/mol. The molecule has 1 saturated heterocycles. The van der Waals surface area contributed by atoms with Gasteiger partial charge in [0.05, 0.1) is 0 Å². The van der Waals surface area contributed by atoms with Crippen LogP contribution in [0.4, 0.5) is 0 Å². The van der Waals surface area contributed by atoms with Crippen LogP contribution in [0.5, 0.6) is 0 Å². The molecule has 1 aliphatic rings. The second kappa shape index (κ2) is 8.16. The molecule has 1 fully saturated rings. The highest BCUT2D eigenvalue weighted by Crippen LogP contribution is 2.26. The van der Waals surface area contributed by atoms with Crippen LogP contribution in [0.2, 0.25) is 5.02 Å². The lowest BCUT2D eigenvalue weighted by Crippen LogP contribution is -2.37. The van der Waals surface area contributed by atoms with Gasteiger partial charge in [0.1, 0.15) is 0 Å². The molecular weight excluding hydrogens is 352 g/mol. The van der Waals surface area contributed by atoms with E-state index < -0.39 is 0 Å². The molecule has 0 bridgehead atoms. The molecule has 1 heterocycles. The summed E-state index contributed by atoms with van der Waals surface area (Å²) in [6.45, 7) is 4.60. The van der Waals surface area contributed by atoms with Crippen molar-refractivity contribution in [1.29, 1.82) is 0 Å². The summed E-state index contributed by atoms with van der Waals surface area (Å²) >= 11 is 9.65. The van der Waals surface area contributed by atoms with E-state index in [0.717, 1.165) is 41.0 Å². The van der Waals surface area contributed by atoms with Crippen molar-refractivity contribution in [2.24, 2.45) is 0 Å². The summed E-state index contributed by atoms with van der Waals surface area (Å²) in [4.78, 5) is 14.1. The van der Waals surface area contributed by atoms with Crippen LogP contribution in [0.25, 0.3) is 0 Å². The number of carbonyl (C=O) groups is 1. The summed E-state index contributed by atoms with van der Waals surface area (Å²) < 4.78 is 0.976. The summed E-state index contributed by atoms with van der Waals surface area (Å²) in [6.07, 6.45) is 4.09. The first-order valence-corrected chi connectivity index (χ1v) is 8.71. The predicted octanol–water partition coefficient (Wildman–Crippen LogP) is 4.16. The van der Waals surface area contributed by atoms with Gasteiger partial charge in [0.15, 0.2) is 0 Å². The van der Waals surface area contributed by atoms with Crippen LogP contribution in [-0.4, -0.2) is 30.4 Å².